The molecular weight excluding hydrogens is 352 g/mol. The number of benzene rings is 1. The number of nitrogens with zero attached hydrogens (tertiary/aromatic N) is 4. The maximum absolute atomic E-state index is 12.0. The standard InChI is InChI=1S/C21H28N6O/c1-16-24-19-18(7-8-23-21(19)28)20(25-16)22-9-10-26-11-13-27(14-12-26)15-17-5-3-2-4-6-17/h2-6H,7-15H2,1H3,(H,23,28)(H,22,24,25). The van der Waals surface area contributed by atoms with Gasteiger partial charge in [0.15, 0.2) is 0 Å². The van der Waals surface area contributed by atoms with Crippen LogP contribution >= 0.6 is 0 Å². The molecule has 0 unspecified atom stereocenters. The van der Waals surface area contributed by atoms with Crippen molar-refractivity contribution in [3.63, 3.8) is 0 Å². The predicted molar refractivity (Wildman–Crippen MR) is 109 cm³/mol. The fourth-order valence-corrected chi connectivity index (χ4v) is 3.90. The van der Waals surface area contributed by atoms with Gasteiger partial charge >= 0.3 is 0 Å². The molecule has 7 heteroatoms. The van der Waals surface area contributed by atoms with Gasteiger partial charge in [-0.05, 0) is 18.9 Å². The van der Waals surface area contributed by atoms with Crippen molar-refractivity contribution >= 4 is 11.7 Å². The smallest absolute Gasteiger partial charge is 0.270 e. The van der Waals surface area contributed by atoms with Gasteiger partial charge in [-0.15, -0.1) is 0 Å². The molecule has 0 saturated carbocycles. The molecule has 7 nitrogen and oxygen atoms in total. The SMILES string of the molecule is Cc1nc(NCCN2CCN(Cc3ccccc3)CC2)c2c(n1)C(=O)NCC2. The van der Waals surface area contributed by atoms with Gasteiger partial charge < -0.3 is 10.6 Å². The molecule has 0 radical (unpaired) electrons. The van der Waals surface area contributed by atoms with Crippen molar-refractivity contribution in [2.45, 2.75) is 19.9 Å². The van der Waals surface area contributed by atoms with Gasteiger partial charge in [0.1, 0.15) is 17.3 Å². The Balaban J connectivity index is 1.26. The zero-order valence-corrected chi connectivity index (χ0v) is 16.4. The molecule has 4 rings (SSSR count). The fourth-order valence-electron chi connectivity index (χ4n) is 3.90. The zero-order chi connectivity index (χ0) is 19.3. The molecule has 0 aliphatic carbocycles. The second-order valence-electron chi connectivity index (χ2n) is 7.48. The van der Waals surface area contributed by atoms with Crippen LogP contribution < -0.4 is 10.6 Å². The maximum atomic E-state index is 12.0. The molecule has 2 N–H and O–H groups in total. The zero-order valence-electron chi connectivity index (χ0n) is 16.4. The molecule has 2 aromatic rings. The number of rotatable bonds is 6. The highest BCUT2D eigenvalue weighted by atomic mass is 16.1. The Morgan fingerprint density at radius 2 is 1.82 bits per heavy atom. The molecule has 148 valence electrons. The number of aromatic nitrogens is 2. The lowest BCUT2D eigenvalue weighted by atomic mass is 10.1. The van der Waals surface area contributed by atoms with Crippen LogP contribution in [0.1, 0.15) is 27.4 Å². The quantitative estimate of drug-likeness (QED) is 0.787. The highest BCUT2D eigenvalue weighted by molar-refractivity contribution is 5.95. The van der Waals surface area contributed by atoms with Crippen LogP contribution in [0, 0.1) is 6.92 Å². The van der Waals surface area contributed by atoms with Gasteiger partial charge in [0.05, 0.1) is 0 Å². The van der Waals surface area contributed by atoms with Crippen molar-refractivity contribution in [3.8, 4) is 0 Å². The third-order valence-electron chi connectivity index (χ3n) is 5.43. The minimum atomic E-state index is -0.0932. The van der Waals surface area contributed by atoms with E-state index in [-0.39, 0.29) is 5.91 Å². The van der Waals surface area contributed by atoms with Crippen LogP contribution in [0.2, 0.25) is 0 Å². The number of amides is 1. The van der Waals surface area contributed by atoms with Crippen LogP contribution in [0.15, 0.2) is 30.3 Å². The predicted octanol–water partition coefficient (Wildman–Crippen LogP) is 1.30. The van der Waals surface area contributed by atoms with Crippen LogP contribution in [-0.2, 0) is 13.0 Å². The van der Waals surface area contributed by atoms with E-state index in [1.54, 1.807) is 0 Å². The first-order valence-corrected chi connectivity index (χ1v) is 10.1. The van der Waals surface area contributed by atoms with Gasteiger partial charge in [-0.25, -0.2) is 9.97 Å². The number of carbonyl (C=O) groups excluding carboxylic acids is 1. The number of nitrogens with one attached hydrogen (secondary N) is 2. The summed E-state index contributed by atoms with van der Waals surface area (Å²) in [5, 5.41) is 6.30. The Labute approximate surface area is 166 Å². The first-order valence-electron chi connectivity index (χ1n) is 10.1. The molecular formula is C21H28N6O. The molecule has 0 bridgehead atoms. The fraction of sp³-hybridized carbons (Fsp3) is 0.476. The Kier molecular flexibility index (Phi) is 5.83. The van der Waals surface area contributed by atoms with Gasteiger partial charge in [0.25, 0.3) is 5.91 Å². The third kappa shape index (κ3) is 4.48. The highest BCUT2D eigenvalue weighted by Crippen LogP contribution is 2.20. The molecule has 0 spiro atoms. The van der Waals surface area contributed by atoms with Crippen molar-refractivity contribution < 1.29 is 4.79 Å². The summed E-state index contributed by atoms with van der Waals surface area (Å²) in [5.74, 6) is 1.36. The molecule has 1 amide bonds. The van der Waals surface area contributed by atoms with Crippen molar-refractivity contribution in [1.29, 1.82) is 0 Å². The van der Waals surface area contributed by atoms with Gasteiger partial charge in [-0.3, -0.25) is 14.6 Å². The van der Waals surface area contributed by atoms with Crippen molar-refractivity contribution in [2.75, 3.05) is 51.1 Å². The molecule has 0 atom stereocenters. The minimum Gasteiger partial charge on any atom is -0.368 e. The van der Waals surface area contributed by atoms with E-state index in [1.165, 1.54) is 5.56 Å². The molecule has 1 aromatic carbocycles. The minimum absolute atomic E-state index is 0.0932. The van der Waals surface area contributed by atoms with E-state index in [4.69, 9.17) is 0 Å². The first kappa shape index (κ1) is 18.8. The molecule has 2 aliphatic rings. The molecule has 2 aliphatic heterocycles. The van der Waals surface area contributed by atoms with Crippen molar-refractivity contribution in [1.82, 2.24) is 25.1 Å². The van der Waals surface area contributed by atoms with Gasteiger partial charge in [-0.1, -0.05) is 30.3 Å². The van der Waals surface area contributed by atoms with E-state index in [2.05, 4.69) is 60.7 Å². The average molecular weight is 380 g/mol. The first-order chi connectivity index (χ1) is 13.7. The highest BCUT2D eigenvalue weighted by Gasteiger charge is 2.23. The summed E-state index contributed by atoms with van der Waals surface area (Å²) >= 11 is 0. The Morgan fingerprint density at radius 3 is 2.61 bits per heavy atom. The summed E-state index contributed by atoms with van der Waals surface area (Å²) in [6.07, 6.45) is 0.780. The number of piperazine rings is 1. The summed E-state index contributed by atoms with van der Waals surface area (Å²) < 4.78 is 0. The maximum Gasteiger partial charge on any atom is 0.270 e. The second-order valence-corrected chi connectivity index (χ2v) is 7.48. The number of aryl methyl sites for hydroxylation is 1. The summed E-state index contributed by atoms with van der Waals surface area (Å²) in [7, 11) is 0. The lowest BCUT2D eigenvalue weighted by Crippen LogP contribution is -2.47. The van der Waals surface area contributed by atoms with E-state index < -0.39 is 0 Å². The van der Waals surface area contributed by atoms with E-state index >= 15 is 0 Å². The van der Waals surface area contributed by atoms with Crippen LogP contribution in [0.4, 0.5) is 5.82 Å². The van der Waals surface area contributed by atoms with Gasteiger partial charge in [0, 0.05) is 57.9 Å². The summed E-state index contributed by atoms with van der Waals surface area (Å²) in [4.78, 5) is 25.9. The number of hydrogen-bond acceptors (Lipinski definition) is 6. The lowest BCUT2D eigenvalue weighted by Gasteiger charge is -2.34. The number of fused-ring (bicyclic) bond motifs is 1. The van der Waals surface area contributed by atoms with Crippen molar-refractivity contribution in [3.05, 3.63) is 53.0 Å². The number of carbonyl (C=O) groups is 1. The summed E-state index contributed by atoms with van der Waals surface area (Å²) in [5.41, 5.74) is 2.85. The van der Waals surface area contributed by atoms with Crippen LogP contribution in [0.3, 0.4) is 0 Å². The van der Waals surface area contributed by atoms with Crippen LogP contribution in [0.25, 0.3) is 0 Å². The molecule has 28 heavy (non-hydrogen) atoms. The number of anilines is 1. The van der Waals surface area contributed by atoms with E-state index in [9.17, 15) is 4.79 Å². The van der Waals surface area contributed by atoms with Crippen molar-refractivity contribution in [2.24, 2.45) is 0 Å². The number of hydrogen-bond donors (Lipinski definition) is 2. The molecule has 1 fully saturated rings. The van der Waals surface area contributed by atoms with E-state index in [0.29, 0.717) is 18.1 Å². The summed E-state index contributed by atoms with van der Waals surface area (Å²) in [6.45, 7) is 9.66. The normalized spacial score (nSPS) is 17.8. The monoisotopic (exact) mass is 380 g/mol. The molecule has 1 aromatic heterocycles. The lowest BCUT2D eigenvalue weighted by molar-refractivity contribution is 0.0940. The van der Waals surface area contributed by atoms with Crippen LogP contribution in [0.5, 0.6) is 0 Å². The van der Waals surface area contributed by atoms with Gasteiger partial charge in [-0.2, -0.15) is 0 Å². The third-order valence-corrected chi connectivity index (χ3v) is 5.43. The Hall–Kier alpha value is -2.51. The van der Waals surface area contributed by atoms with E-state index in [1.807, 2.05) is 6.92 Å². The molecule has 1 saturated heterocycles. The van der Waals surface area contributed by atoms with E-state index in [0.717, 1.165) is 63.6 Å². The second kappa shape index (κ2) is 8.67. The largest absolute Gasteiger partial charge is 0.368 e. The Bertz CT molecular complexity index is 817. The van der Waals surface area contributed by atoms with Gasteiger partial charge in [0.2, 0.25) is 0 Å². The average Bonchev–Trinajstić information content (AvgIpc) is 2.71. The van der Waals surface area contributed by atoms with Crippen LogP contribution in [-0.4, -0.2) is 71.5 Å². The summed E-state index contributed by atoms with van der Waals surface area (Å²) in [6, 6.07) is 10.7. The molecule has 3 heterocycles. The Morgan fingerprint density at radius 1 is 1.07 bits per heavy atom. The topological polar surface area (TPSA) is 73.4 Å².